The standard InChI is InChI=1S/C29H35NO/c1-21-8-10-23(11-9-21)20-30-16-14-22(15-17-30)12-13-24-18-25(28(2,3)4)27(31)26(19-24)29(5,6)7/h8-19H,20H2,1-7H3. The number of ketones is 1. The van der Waals surface area contributed by atoms with Crippen molar-refractivity contribution in [3.8, 4) is 0 Å². The van der Waals surface area contributed by atoms with Crippen LogP contribution in [0.5, 0.6) is 0 Å². The topological polar surface area (TPSA) is 20.3 Å². The summed E-state index contributed by atoms with van der Waals surface area (Å²) in [7, 11) is 0. The predicted octanol–water partition coefficient (Wildman–Crippen LogP) is 7.22. The van der Waals surface area contributed by atoms with Gasteiger partial charge in [0.15, 0.2) is 5.78 Å². The number of allylic oxidation sites excluding steroid dienone is 10. The van der Waals surface area contributed by atoms with Gasteiger partial charge in [0.05, 0.1) is 0 Å². The van der Waals surface area contributed by atoms with Gasteiger partial charge in [-0.05, 0) is 58.8 Å². The van der Waals surface area contributed by atoms with Gasteiger partial charge in [0.1, 0.15) is 0 Å². The number of carbonyl (C=O) groups is 1. The van der Waals surface area contributed by atoms with Crippen LogP contribution in [-0.4, -0.2) is 10.7 Å². The van der Waals surface area contributed by atoms with Gasteiger partial charge in [0.25, 0.3) is 0 Å². The molecule has 3 rings (SSSR count). The summed E-state index contributed by atoms with van der Waals surface area (Å²) in [5, 5.41) is 0. The molecule has 2 nitrogen and oxygen atoms in total. The smallest absolute Gasteiger partial charge is 0.186 e. The first-order valence-electron chi connectivity index (χ1n) is 11.0. The quantitative estimate of drug-likeness (QED) is 0.521. The van der Waals surface area contributed by atoms with E-state index in [2.05, 4.69) is 126 Å². The highest BCUT2D eigenvalue weighted by molar-refractivity contribution is 6.11. The van der Waals surface area contributed by atoms with Gasteiger partial charge >= 0.3 is 0 Å². The zero-order valence-corrected chi connectivity index (χ0v) is 20.0. The number of hydrogen-bond acceptors (Lipinski definition) is 2. The van der Waals surface area contributed by atoms with E-state index in [0.717, 1.165) is 28.8 Å². The molecule has 0 saturated carbocycles. The lowest BCUT2D eigenvalue weighted by Crippen LogP contribution is -2.27. The van der Waals surface area contributed by atoms with Crippen LogP contribution in [0.25, 0.3) is 0 Å². The van der Waals surface area contributed by atoms with Crippen LogP contribution in [0.1, 0.15) is 52.7 Å². The second kappa shape index (κ2) is 8.70. The van der Waals surface area contributed by atoms with Gasteiger partial charge in [0.2, 0.25) is 0 Å². The van der Waals surface area contributed by atoms with E-state index < -0.39 is 0 Å². The van der Waals surface area contributed by atoms with Crippen molar-refractivity contribution in [1.82, 2.24) is 4.90 Å². The molecule has 0 amide bonds. The van der Waals surface area contributed by atoms with Crippen molar-refractivity contribution in [2.75, 3.05) is 0 Å². The fourth-order valence-electron chi connectivity index (χ4n) is 3.64. The highest BCUT2D eigenvalue weighted by Crippen LogP contribution is 2.38. The maximum absolute atomic E-state index is 13.1. The van der Waals surface area contributed by atoms with Crippen LogP contribution in [0, 0.1) is 17.8 Å². The lowest BCUT2D eigenvalue weighted by Gasteiger charge is -2.31. The largest absolute Gasteiger partial charge is 0.350 e. The van der Waals surface area contributed by atoms with Crippen LogP contribution < -0.4 is 0 Å². The molecule has 1 aromatic carbocycles. The summed E-state index contributed by atoms with van der Waals surface area (Å²) in [6, 6.07) is 8.65. The summed E-state index contributed by atoms with van der Waals surface area (Å²) in [6.45, 7) is 15.6. The summed E-state index contributed by atoms with van der Waals surface area (Å²) in [6.07, 6.45) is 16.8. The van der Waals surface area contributed by atoms with Gasteiger partial charge in [-0.15, -0.1) is 0 Å². The lowest BCUT2D eigenvalue weighted by atomic mass is 9.72. The Balaban J connectivity index is 1.80. The number of benzene rings is 1. The molecule has 0 saturated heterocycles. The number of hydrogen-bond donors (Lipinski definition) is 0. The molecule has 2 aliphatic rings. The van der Waals surface area contributed by atoms with E-state index in [4.69, 9.17) is 0 Å². The van der Waals surface area contributed by atoms with Gasteiger partial charge in [-0.2, -0.15) is 0 Å². The second-order valence-corrected chi connectivity index (χ2v) is 10.6. The van der Waals surface area contributed by atoms with Gasteiger partial charge in [-0.1, -0.05) is 83.5 Å². The van der Waals surface area contributed by atoms with Crippen molar-refractivity contribution >= 4 is 5.78 Å². The number of aryl methyl sites for hydroxylation is 1. The van der Waals surface area contributed by atoms with Crippen molar-refractivity contribution in [2.24, 2.45) is 10.8 Å². The molecule has 0 radical (unpaired) electrons. The van der Waals surface area contributed by atoms with Gasteiger partial charge in [-0.3, -0.25) is 4.79 Å². The monoisotopic (exact) mass is 413 g/mol. The minimum atomic E-state index is -0.185. The molecule has 0 unspecified atom stereocenters. The molecular weight excluding hydrogens is 378 g/mol. The van der Waals surface area contributed by atoms with Gasteiger partial charge < -0.3 is 4.90 Å². The molecule has 0 bridgehead atoms. The Hall–Kier alpha value is -2.87. The van der Waals surface area contributed by atoms with Crippen LogP contribution in [-0.2, 0) is 11.3 Å². The molecule has 31 heavy (non-hydrogen) atoms. The highest BCUT2D eigenvalue weighted by atomic mass is 16.1. The Morgan fingerprint density at radius 3 is 1.74 bits per heavy atom. The molecular formula is C29H35NO. The fourth-order valence-corrected chi connectivity index (χ4v) is 3.64. The van der Waals surface area contributed by atoms with Crippen molar-refractivity contribution in [1.29, 1.82) is 0 Å². The Morgan fingerprint density at radius 1 is 0.774 bits per heavy atom. The van der Waals surface area contributed by atoms with Crippen molar-refractivity contribution in [2.45, 2.75) is 55.0 Å². The molecule has 0 N–H and O–H groups in total. The number of carbonyl (C=O) groups excluding carboxylic acids is 1. The number of nitrogens with zero attached hydrogens (tertiary/aromatic N) is 1. The van der Waals surface area contributed by atoms with Crippen molar-refractivity contribution < 1.29 is 4.79 Å². The molecule has 162 valence electrons. The molecule has 1 aliphatic heterocycles. The summed E-state index contributed by atoms with van der Waals surface area (Å²) >= 11 is 0. The predicted molar refractivity (Wildman–Crippen MR) is 131 cm³/mol. The Kier molecular flexibility index (Phi) is 6.40. The van der Waals surface area contributed by atoms with Gasteiger partial charge in [0, 0.05) is 30.1 Å². The summed E-state index contributed by atoms with van der Waals surface area (Å²) in [5.74, 6) is 0.175. The van der Waals surface area contributed by atoms with Gasteiger partial charge in [-0.25, -0.2) is 0 Å². The molecule has 0 spiro atoms. The maximum Gasteiger partial charge on any atom is 0.186 e. The third-order valence-corrected chi connectivity index (χ3v) is 5.60. The zero-order valence-electron chi connectivity index (χ0n) is 20.0. The van der Waals surface area contributed by atoms with E-state index in [1.54, 1.807) is 0 Å². The molecule has 0 fully saturated rings. The SMILES string of the molecule is Cc1ccc(CN2C=CC(=CC=C3C=C(C(C)(C)C)C(=O)C(C(C)(C)C)=C3)C=C2)cc1. The van der Waals surface area contributed by atoms with Crippen LogP contribution in [0.3, 0.4) is 0 Å². The molecule has 2 heteroatoms. The van der Waals surface area contributed by atoms with E-state index >= 15 is 0 Å². The van der Waals surface area contributed by atoms with Crippen LogP contribution in [0.2, 0.25) is 0 Å². The minimum absolute atomic E-state index is 0.175. The molecule has 0 atom stereocenters. The second-order valence-electron chi connectivity index (χ2n) is 10.6. The van der Waals surface area contributed by atoms with Crippen molar-refractivity contribution in [3.05, 3.63) is 107 Å². The third kappa shape index (κ3) is 5.85. The van der Waals surface area contributed by atoms with E-state index in [1.165, 1.54) is 11.1 Å². The van der Waals surface area contributed by atoms with E-state index in [9.17, 15) is 4.79 Å². The van der Waals surface area contributed by atoms with Crippen LogP contribution in [0.15, 0.2) is 95.4 Å². The number of Topliss-reactive ketones (excluding diaryl/α,β-unsaturated/α-hetero) is 1. The lowest BCUT2D eigenvalue weighted by molar-refractivity contribution is -0.114. The average Bonchev–Trinajstić information content (AvgIpc) is 2.68. The first-order chi connectivity index (χ1) is 14.4. The van der Waals surface area contributed by atoms with E-state index in [0.29, 0.717) is 0 Å². The Bertz CT molecular complexity index is 974. The molecule has 1 heterocycles. The van der Waals surface area contributed by atoms with Crippen molar-refractivity contribution in [3.63, 3.8) is 0 Å². The number of rotatable bonds is 3. The van der Waals surface area contributed by atoms with Crippen LogP contribution in [0.4, 0.5) is 0 Å². The first-order valence-corrected chi connectivity index (χ1v) is 11.0. The Morgan fingerprint density at radius 2 is 1.26 bits per heavy atom. The maximum atomic E-state index is 13.1. The highest BCUT2D eigenvalue weighted by Gasteiger charge is 2.33. The normalized spacial score (nSPS) is 17.0. The van der Waals surface area contributed by atoms with E-state index in [1.807, 2.05) is 0 Å². The van der Waals surface area contributed by atoms with E-state index in [-0.39, 0.29) is 16.6 Å². The summed E-state index contributed by atoms with van der Waals surface area (Å²) < 4.78 is 0. The fraction of sp³-hybridized carbons (Fsp3) is 0.345. The third-order valence-electron chi connectivity index (χ3n) is 5.60. The summed E-state index contributed by atoms with van der Waals surface area (Å²) in [4.78, 5) is 15.3. The molecule has 1 aliphatic carbocycles. The first kappa shape index (κ1) is 22.8. The zero-order chi connectivity index (χ0) is 22.8. The summed E-state index contributed by atoms with van der Waals surface area (Å²) in [5.41, 5.74) is 6.17. The average molecular weight is 414 g/mol. The molecule has 1 aromatic rings. The molecule has 0 aromatic heterocycles. The Labute approximate surface area is 188 Å². The minimum Gasteiger partial charge on any atom is -0.350 e. The van der Waals surface area contributed by atoms with Crippen LogP contribution >= 0.6 is 0 Å².